The maximum Gasteiger partial charge on any atom is 0.339 e. The van der Waals surface area contributed by atoms with Gasteiger partial charge in [-0.05, 0) is 36.5 Å². The third-order valence-corrected chi connectivity index (χ3v) is 5.38. The SMILES string of the molecule is COC(=O)c1ccccc1NC(=S)N(CCO)Cc1cc2cc(OC)c(OC)cc2[nH]c1=O. The standard InChI is InChI=1S/C23H25N3O6S/c1-30-19-11-14-10-15(21(28)24-18(14)12-20(19)31-2)13-26(8-9-27)23(33)25-17-7-5-4-6-16(17)22(29)32-3/h4-7,10-12,27H,8-9,13H2,1-3H3,(H,24,28)(H,25,33). The van der Waals surface area contributed by atoms with Gasteiger partial charge in [-0.25, -0.2) is 4.79 Å². The van der Waals surface area contributed by atoms with Crippen molar-refractivity contribution in [3.63, 3.8) is 0 Å². The van der Waals surface area contributed by atoms with E-state index in [1.54, 1.807) is 47.4 Å². The largest absolute Gasteiger partial charge is 0.493 e. The number of anilines is 1. The molecule has 0 saturated carbocycles. The predicted molar refractivity (Wildman–Crippen MR) is 129 cm³/mol. The first-order valence-corrected chi connectivity index (χ1v) is 10.4. The van der Waals surface area contributed by atoms with Crippen molar-refractivity contribution in [2.45, 2.75) is 6.54 Å². The van der Waals surface area contributed by atoms with Gasteiger partial charge < -0.3 is 34.5 Å². The van der Waals surface area contributed by atoms with E-state index >= 15 is 0 Å². The van der Waals surface area contributed by atoms with E-state index in [-0.39, 0.29) is 30.4 Å². The number of methoxy groups -OCH3 is 3. The van der Waals surface area contributed by atoms with Crippen molar-refractivity contribution in [2.75, 3.05) is 39.8 Å². The lowest BCUT2D eigenvalue weighted by molar-refractivity contribution is 0.0602. The van der Waals surface area contributed by atoms with Crippen LogP contribution in [0.3, 0.4) is 0 Å². The molecule has 0 saturated heterocycles. The average Bonchev–Trinajstić information content (AvgIpc) is 2.83. The highest BCUT2D eigenvalue weighted by molar-refractivity contribution is 7.80. The second kappa shape index (κ2) is 10.8. The van der Waals surface area contributed by atoms with Crippen LogP contribution in [0.1, 0.15) is 15.9 Å². The highest BCUT2D eigenvalue weighted by Crippen LogP contribution is 2.31. The molecular weight excluding hydrogens is 446 g/mol. The van der Waals surface area contributed by atoms with Crippen LogP contribution in [0.25, 0.3) is 10.9 Å². The molecule has 33 heavy (non-hydrogen) atoms. The zero-order valence-electron chi connectivity index (χ0n) is 18.5. The molecule has 0 bridgehead atoms. The number of aromatic nitrogens is 1. The summed E-state index contributed by atoms with van der Waals surface area (Å²) in [7, 11) is 4.36. The molecule has 0 aliphatic heterocycles. The Kier molecular flexibility index (Phi) is 7.86. The molecule has 9 nitrogen and oxygen atoms in total. The van der Waals surface area contributed by atoms with Gasteiger partial charge in [0.25, 0.3) is 5.56 Å². The number of carbonyl (C=O) groups is 1. The molecule has 0 unspecified atom stereocenters. The van der Waals surface area contributed by atoms with Gasteiger partial charge in [-0.1, -0.05) is 12.1 Å². The molecule has 0 radical (unpaired) electrons. The van der Waals surface area contributed by atoms with Crippen molar-refractivity contribution in [1.29, 1.82) is 0 Å². The van der Waals surface area contributed by atoms with Gasteiger partial charge in [-0.2, -0.15) is 0 Å². The minimum absolute atomic E-state index is 0.131. The number of esters is 1. The van der Waals surface area contributed by atoms with Gasteiger partial charge in [-0.15, -0.1) is 0 Å². The third kappa shape index (κ3) is 5.41. The summed E-state index contributed by atoms with van der Waals surface area (Å²) in [6.45, 7) is 0.124. The predicted octanol–water partition coefficient (Wildman–Crippen LogP) is 2.52. The highest BCUT2D eigenvalue weighted by Gasteiger charge is 2.17. The van der Waals surface area contributed by atoms with Gasteiger partial charge >= 0.3 is 5.97 Å². The van der Waals surface area contributed by atoms with Crippen molar-refractivity contribution in [3.05, 3.63) is 63.9 Å². The Morgan fingerprint density at radius 3 is 2.48 bits per heavy atom. The van der Waals surface area contributed by atoms with Crippen molar-refractivity contribution in [3.8, 4) is 11.5 Å². The Labute approximate surface area is 195 Å². The summed E-state index contributed by atoms with van der Waals surface area (Å²) in [4.78, 5) is 29.3. The number of H-pyrrole nitrogens is 1. The van der Waals surface area contributed by atoms with Crippen LogP contribution in [0.4, 0.5) is 5.69 Å². The topological polar surface area (TPSA) is 113 Å². The lowest BCUT2D eigenvalue weighted by Gasteiger charge is -2.25. The van der Waals surface area contributed by atoms with Crippen LogP contribution in [0.15, 0.2) is 47.3 Å². The van der Waals surface area contributed by atoms with E-state index in [2.05, 4.69) is 10.3 Å². The van der Waals surface area contributed by atoms with Crippen LogP contribution in [0.2, 0.25) is 0 Å². The molecule has 0 aliphatic carbocycles. The van der Waals surface area contributed by atoms with Gasteiger partial charge in [0.15, 0.2) is 16.6 Å². The lowest BCUT2D eigenvalue weighted by Crippen LogP contribution is -2.38. The first-order chi connectivity index (χ1) is 15.9. The normalized spacial score (nSPS) is 10.5. The number of nitrogens with one attached hydrogen (secondary N) is 2. The molecule has 1 aromatic heterocycles. The van der Waals surface area contributed by atoms with E-state index in [1.165, 1.54) is 21.3 Å². The monoisotopic (exact) mass is 471 g/mol. The van der Waals surface area contributed by atoms with Crippen molar-refractivity contribution < 1.29 is 24.1 Å². The number of nitrogens with zero attached hydrogens (tertiary/aromatic N) is 1. The summed E-state index contributed by atoms with van der Waals surface area (Å²) in [5, 5.41) is 13.6. The van der Waals surface area contributed by atoms with Crippen LogP contribution < -0.4 is 20.3 Å². The molecule has 10 heteroatoms. The maximum atomic E-state index is 12.7. The zero-order chi connectivity index (χ0) is 24.0. The lowest BCUT2D eigenvalue weighted by atomic mass is 10.1. The smallest absolute Gasteiger partial charge is 0.339 e. The van der Waals surface area contributed by atoms with E-state index in [0.29, 0.717) is 33.8 Å². The highest BCUT2D eigenvalue weighted by atomic mass is 32.1. The zero-order valence-corrected chi connectivity index (χ0v) is 19.3. The third-order valence-electron chi connectivity index (χ3n) is 5.02. The fraction of sp³-hybridized carbons (Fsp3) is 0.261. The number of para-hydroxylation sites is 1. The fourth-order valence-electron chi connectivity index (χ4n) is 3.35. The van der Waals surface area contributed by atoms with Crippen molar-refractivity contribution in [1.82, 2.24) is 9.88 Å². The van der Waals surface area contributed by atoms with Gasteiger partial charge in [0.1, 0.15) is 0 Å². The van der Waals surface area contributed by atoms with Gasteiger partial charge in [0.05, 0.1) is 51.2 Å². The van der Waals surface area contributed by atoms with Crippen LogP contribution >= 0.6 is 12.2 Å². The number of pyridine rings is 1. The molecule has 3 rings (SSSR count). The molecule has 0 fully saturated rings. The number of thiocarbonyl (C=S) groups is 1. The number of rotatable bonds is 8. The number of aromatic amines is 1. The minimum Gasteiger partial charge on any atom is -0.493 e. The van der Waals surface area contributed by atoms with Gasteiger partial charge in [0, 0.05) is 23.6 Å². The summed E-state index contributed by atoms with van der Waals surface area (Å²) in [6.07, 6.45) is 0. The van der Waals surface area contributed by atoms with Gasteiger partial charge in [-0.3, -0.25) is 4.79 Å². The van der Waals surface area contributed by atoms with Crippen LogP contribution in [0, 0.1) is 0 Å². The molecule has 3 aromatic rings. The number of benzene rings is 2. The first kappa shape index (κ1) is 24.0. The van der Waals surface area contributed by atoms with E-state index in [9.17, 15) is 14.7 Å². The summed E-state index contributed by atoms with van der Waals surface area (Å²) in [5.74, 6) is 0.529. The van der Waals surface area contributed by atoms with E-state index in [4.69, 9.17) is 26.4 Å². The van der Waals surface area contributed by atoms with Crippen LogP contribution in [-0.2, 0) is 11.3 Å². The van der Waals surface area contributed by atoms with Crippen molar-refractivity contribution in [2.24, 2.45) is 0 Å². The Hall–Kier alpha value is -3.63. The summed E-state index contributed by atoms with van der Waals surface area (Å²) in [6, 6.07) is 12.0. The number of ether oxygens (including phenoxy) is 3. The summed E-state index contributed by atoms with van der Waals surface area (Å²) in [5.41, 5.74) is 1.52. The quantitative estimate of drug-likeness (QED) is 0.337. The van der Waals surface area contributed by atoms with Crippen molar-refractivity contribution >= 4 is 39.9 Å². The number of aliphatic hydroxyl groups excluding tert-OH is 1. The molecule has 0 aliphatic rings. The fourth-order valence-corrected chi connectivity index (χ4v) is 3.61. The number of hydrogen-bond donors (Lipinski definition) is 3. The Morgan fingerprint density at radius 2 is 1.82 bits per heavy atom. The summed E-state index contributed by atoms with van der Waals surface area (Å²) >= 11 is 5.52. The summed E-state index contributed by atoms with van der Waals surface area (Å²) < 4.78 is 15.5. The Bertz CT molecular complexity index is 1230. The second-order valence-corrected chi connectivity index (χ2v) is 7.42. The van der Waals surface area contributed by atoms with Crippen LogP contribution in [-0.4, -0.2) is 60.6 Å². The molecule has 174 valence electrons. The number of aliphatic hydroxyl groups is 1. The second-order valence-electron chi connectivity index (χ2n) is 7.03. The number of hydrogen-bond acceptors (Lipinski definition) is 7. The van der Waals surface area contributed by atoms with Crippen LogP contribution in [0.5, 0.6) is 11.5 Å². The first-order valence-electron chi connectivity index (χ1n) is 10.0. The van der Waals surface area contributed by atoms with E-state index in [1.807, 2.05) is 0 Å². The minimum atomic E-state index is -0.509. The van der Waals surface area contributed by atoms with Gasteiger partial charge in [0.2, 0.25) is 0 Å². The molecule has 3 N–H and O–H groups in total. The maximum absolute atomic E-state index is 12.7. The number of carbonyl (C=O) groups excluding carboxylic acids is 1. The Balaban J connectivity index is 1.90. The molecule has 0 atom stereocenters. The molecule has 0 spiro atoms. The van der Waals surface area contributed by atoms with E-state index in [0.717, 1.165) is 5.39 Å². The Morgan fingerprint density at radius 1 is 1.12 bits per heavy atom. The molecule has 1 heterocycles. The number of fused-ring (bicyclic) bond motifs is 1. The molecule has 0 amide bonds. The molecular formula is C23H25N3O6S. The van der Waals surface area contributed by atoms with E-state index < -0.39 is 5.97 Å². The average molecular weight is 472 g/mol. The molecule has 2 aromatic carbocycles.